The van der Waals surface area contributed by atoms with Crippen LogP contribution in [0.25, 0.3) is 0 Å². The Hall–Kier alpha value is -2.86. The molecule has 1 fully saturated rings. The van der Waals surface area contributed by atoms with Gasteiger partial charge in [0.2, 0.25) is 5.91 Å². The first-order chi connectivity index (χ1) is 13.9. The number of hydrogen-bond acceptors (Lipinski definition) is 4. The van der Waals surface area contributed by atoms with Gasteiger partial charge in [0.1, 0.15) is 5.75 Å². The molecule has 29 heavy (non-hydrogen) atoms. The van der Waals surface area contributed by atoms with Gasteiger partial charge in [-0.15, -0.1) is 0 Å². The number of benzene rings is 2. The molecule has 0 aliphatic carbocycles. The van der Waals surface area contributed by atoms with Crippen LogP contribution in [-0.4, -0.2) is 48.6 Å². The largest absolute Gasteiger partial charge is 0.494 e. The van der Waals surface area contributed by atoms with Gasteiger partial charge in [0, 0.05) is 17.8 Å². The molecule has 154 valence electrons. The summed E-state index contributed by atoms with van der Waals surface area (Å²) in [6.45, 7) is 8.20. The number of carbonyl (C=O) groups is 2. The van der Waals surface area contributed by atoms with Crippen LogP contribution < -0.4 is 10.1 Å². The van der Waals surface area contributed by atoms with Crippen molar-refractivity contribution >= 4 is 17.5 Å². The topological polar surface area (TPSA) is 67.9 Å². The maximum absolute atomic E-state index is 12.8. The SMILES string of the molecule is CCOc1ccc(CC(=O)Nc2ccc(C(=O)N3CCOCC3(C)C)cc2)cc1. The number of amides is 2. The highest BCUT2D eigenvalue weighted by Crippen LogP contribution is 2.22. The Bertz CT molecular complexity index is 844. The smallest absolute Gasteiger partial charge is 0.254 e. The molecule has 6 nitrogen and oxygen atoms in total. The normalized spacial score (nSPS) is 15.6. The lowest BCUT2D eigenvalue weighted by Gasteiger charge is -2.42. The van der Waals surface area contributed by atoms with E-state index in [1.807, 2.05) is 49.9 Å². The number of morpholine rings is 1. The third kappa shape index (κ3) is 5.35. The second-order valence-electron chi connectivity index (χ2n) is 7.70. The molecular formula is C23H28N2O4. The summed E-state index contributed by atoms with van der Waals surface area (Å²) < 4.78 is 10.9. The van der Waals surface area contributed by atoms with E-state index in [4.69, 9.17) is 9.47 Å². The molecule has 0 aromatic heterocycles. The van der Waals surface area contributed by atoms with E-state index in [9.17, 15) is 9.59 Å². The zero-order chi connectivity index (χ0) is 20.9. The average Bonchev–Trinajstić information content (AvgIpc) is 2.69. The molecule has 0 atom stereocenters. The molecule has 0 bridgehead atoms. The molecule has 1 saturated heterocycles. The van der Waals surface area contributed by atoms with Gasteiger partial charge in [0.25, 0.3) is 5.91 Å². The van der Waals surface area contributed by atoms with Crippen molar-refractivity contribution in [2.24, 2.45) is 0 Å². The molecule has 1 aliphatic heterocycles. The number of carbonyl (C=O) groups excluding carboxylic acids is 2. The molecule has 0 unspecified atom stereocenters. The number of anilines is 1. The summed E-state index contributed by atoms with van der Waals surface area (Å²) in [6, 6.07) is 14.5. The summed E-state index contributed by atoms with van der Waals surface area (Å²) in [7, 11) is 0. The third-order valence-electron chi connectivity index (χ3n) is 4.91. The van der Waals surface area contributed by atoms with Gasteiger partial charge >= 0.3 is 0 Å². The van der Waals surface area contributed by atoms with Crippen molar-refractivity contribution in [3.8, 4) is 5.75 Å². The van der Waals surface area contributed by atoms with E-state index in [0.717, 1.165) is 11.3 Å². The molecule has 2 aromatic rings. The van der Waals surface area contributed by atoms with Gasteiger partial charge in [-0.05, 0) is 62.7 Å². The minimum absolute atomic E-state index is 0.0226. The number of rotatable bonds is 6. The molecule has 6 heteroatoms. The molecule has 1 heterocycles. The fraction of sp³-hybridized carbons (Fsp3) is 0.391. The zero-order valence-electron chi connectivity index (χ0n) is 17.2. The highest BCUT2D eigenvalue weighted by Gasteiger charge is 2.34. The zero-order valence-corrected chi connectivity index (χ0v) is 17.2. The highest BCUT2D eigenvalue weighted by molar-refractivity contribution is 5.96. The molecule has 1 aliphatic rings. The van der Waals surface area contributed by atoms with Crippen molar-refractivity contribution in [2.75, 3.05) is 31.7 Å². The second kappa shape index (κ2) is 9.09. The fourth-order valence-corrected chi connectivity index (χ4v) is 3.35. The van der Waals surface area contributed by atoms with Gasteiger partial charge in [-0.2, -0.15) is 0 Å². The number of nitrogens with one attached hydrogen (secondary N) is 1. The number of ether oxygens (including phenoxy) is 2. The first-order valence-electron chi connectivity index (χ1n) is 9.90. The first-order valence-corrected chi connectivity index (χ1v) is 9.90. The van der Waals surface area contributed by atoms with Crippen LogP contribution in [-0.2, 0) is 16.0 Å². The summed E-state index contributed by atoms with van der Waals surface area (Å²) in [5, 5.41) is 2.88. The lowest BCUT2D eigenvalue weighted by molar-refractivity contribution is -0.115. The average molecular weight is 396 g/mol. The molecule has 2 amide bonds. The number of nitrogens with zero attached hydrogens (tertiary/aromatic N) is 1. The van der Waals surface area contributed by atoms with Gasteiger partial charge in [-0.1, -0.05) is 12.1 Å². The second-order valence-corrected chi connectivity index (χ2v) is 7.70. The van der Waals surface area contributed by atoms with Crippen molar-refractivity contribution in [1.29, 1.82) is 0 Å². The summed E-state index contributed by atoms with van der Waals surface area (Å²) in [5.41, 5.74) is 1.84. The van der Waals surface area contributed by atoms with Crippen molar-refractivity contribution in [1.82, 2.24) is 4.90 Å². The lowest BCUT2D eigenvalue weighted by atomic mass is 10.0. The predicted octanol–water partition coefficient (Wildman–Crippen LogP) is 3.52. The van der Waals surface area contributed by atoms with Crippen LogP contribution in [0.15, 0.2) is 48.5 Å². The van der Waals surface area contributed by atoms with E-state index < -0.39 is 0 Å². The molecule has 0 saturated carbocycles. The van der Waals surface area contributed by atoms with Gasteiger partial charge in [0.15, 0.2) is 0 Å². The van der Waals surface area contributed by atoms with E-state index in [2.05, 4.69) is 5.32 Å². The fourth-order valence-electron chi connectivity index (χ4n) is 3.35. The summed E-state index contributed by atoms with van der Waals surface area (Å²) in [6.07, 6.45) is 0.273. The van der Waals surface area contributed by atoms with Crippen molar-refractivity contribution in [2.45, 2.75) is 32.7 Å². The van der Waals surface area contributed by atoms with E-state index in [0.29, 0.717) is 37.6 Å². The Kier molecular flexibility index (Phi) is 6.54. The standard InChI is InChI=1S/C23H28N2O4/c1-4-29-20-11-5-17(6-12-20)15-21(26)24-19-9-7-18(8-10-19)22(27)25-13-14-28-16-23(25,2)3/h5-12H,4,13-16H2,1-3H3,(H,24,26). The van der Waals surface area contributed by atoms with Gasteiger partial charge < -0.3 is 19.7 Å². The Morgan fingerprint density at radius 2 is 1.79 bits per heavy atom. The van der Waals surface area contributed by atoms with Crippen molar-refractivity contribution in [3.05, 3.63) is 59.7 Å². The third-order valence-corrected chi connectivity index (χ3v) is 4.91. The lowest BCUT2D eigenvalue weighted by Crippen LogP contribution is -2.55. The molecule has 0 spiro atoms. The summed E-state index contributed by atoms with van der Waals surface area (Å²) in [5.74, 6) is 0.661. The van der Waals surface area contributed by atoms with Crippen molar-refractivity contribution < 1.29 is 19.1 Å². The molecule has 1 N–H and O–H groups in total. The van der Waals surface area contributed by atoms with E-state index >= 15 is 0 Å². The van der Waals surface area contributed by atoms with Gasteiger partial charge in [0.05, 0.1) is 31.8 Å². The van der Waals surface area contributed by atoms with Crippen LogP contribution in [0, 0.1) is 0 Å². The Balaban J connectivity index is 1.58. The predicted molar refractivity (Wildman–Crippen MR) is 112 cm³/mol. The van der Waals surface area contributed by atoms with E-state index in [1.54, 1.807) is 24.3 Å². The molecule has 0 radical (unpaired) electrons. The van der Waals surface area contributed by atoms with Crippen LogP contribution in [0.4, 0.5) is 5.69 Å². The van der Waals surface area contributed by atoms with Gasteiger partial charge in [-0.25, -0.2) is 0 Å². The number of hydrogen-bond donors (Lipinski definition) is 1. The molecule has 2 aromatic carbocycles. The maximum atomic E-state index is 12.8. The highest BCUT2D eigenvalue weighted by atomic mass is 16.5. The van der Waals surface area contributed by atoms with Crippen LogP contribution in [0.1, 0.15) is 36.7 Å². The van der Waals surface area contributed by atoms with E-state index in [-0.39, 0.29) is 23.8 Å². The Morgan fingerprint density at radius 3 is 2.41 bits per heavy atom. The van der Waals surface area contributed by atoms with Crippen LogP contribution in [0.3, 0.4) is 0 Å². The quantitative estimate of drug-likeness (QED) is 0.811. The van der Waals surface area contributed by atoms with Crippen LogP contribution in [0.5, 0.6) is 5.75 Å². The minimum atomic E-state index is -0.333. The van der Waals surface area contributed by atoms with Gasteiger partial charge in [-0.3, -0.25) is 9.59 Å². The van der Waals surface area contributed by atoms with E-state index in [1.165, 1.54) is 0 Å². The first kappa shape index (κ1) is 20.9. The summed E-state index contributed by atoms with van der Waals surface area (Å²) in [4.78, 5) is 27.0. The van der Waals surface area contributed by atoms with Crippen LogP contribution in [0.2, 0.25) is 0 Å². The Morgan fingerprint density at radius 1 is 1.10 bits per heavy atom. The maximum Gasteiger partial charge on any atom is 0.254 e. The minimum Gasteiger partial charge on any atom is -0.494 e. The monoisotopic (exact) mass is 396 g/mol. The molecular weight excluding hydrogens is 368 g/mol. The van der Waals surface area contributed by atoms with Crippen molar-refractivity contribution in [3.63, 3.8) is 0 Å². The van der Waals surface area contributed by atoms with Crippen LogP contribution >= 0.6 is 0 Å². The summed E-state index contributed by atoms with van der Waals surface area (Å²) >= 11 is 0. The Labute approximate surface area is 171 Å². The molecule has 3 rings (SSSR count).